The molecule has 2 aromatic rings. The minimum absolute atomic E-state index is 0.283. The second-order valence-corrected chi connectivity index (χ2v) is 7.82. The molecule has 2 heterocycles. The Bertz CT molecular complexity index is 887. The van der Waals surface area contributed by atoms with Gasteiger partial charge in [0.05, 0.1) is 7.11 Å². The molecule has 0 radical (unpaired) electrons. The quantitative estimate of drug-likeness (QED) is 0.803. The lowest BCUT2D eigenvalue weighted by Crippen LogP contribution is -2.40. The van der Waals surface area contributed by atoms with Crippen LogP contribution in [0.3, 0.4) is 0 Å². The lowest BCUT2D eigenvalue weighted by Gasteiger charge is -2.29. The van der Waals surface area contributed by atoms with Crippen molar-refractivity contribution < 1.29 is 17.6 Å². The molecule has 6 nitrogen and oxygen atoms in total. The van der Waals surface area contributed by atoms with Crippen molar-refractivity contribution >= 4 is 21.0 Å². The summed E-state index contributed by atoms with van der Waals surface area (Å²) in [4.78, 5) is 11.8. The van der Waals surface area contributed by atoms with Crippen molar-refractivity contribution in [2.75, 3.05) is 20.2 Å². The normalized spacial score (nSPS) is 19.8. The second kappa shape index (κ2) is 5.98. The van der Waals surface area contributed by atoms with Crippen LogP contribution in [-0.4, -0.2) is 32.9 Å². The molecule has 0 saturated carbocycles. The van der Waals surface area contributed by atoms with Gasteiger partial charge in [0.25, 0.3) is 0 Å². The molecular weight excluding hydrogens is 318 g/mol. The molecule has 0 bridgehead atoms. The smallest absolute Gasteiger partial charge is 0.356 e. The fourth-order valence-corrected chi connectivity index (χ4v) is 4.52. The van der Waals surface area contributed by atoms with E-state index in [1.165, 1.54) is 17.5 Å². The number of nitrogens with zero attached hydrogens (tertiary/aromatic N) is 1. The summed E-state index contributed by atoms with van der Waals surface area (Å²) >= 11 is 0. The SMILES string of the molecule is COc1ccc2oc(=O)c(S(=O)(=O)N3CCC[C@H](C)C3)cc2c1. The number of rotatable bonds is 3. The highest BCUT2D eigenvalue weighted by molar-refractivity contribution is 7.89. The Morgan fingerprint density at radius 3 is 2.78 bits per heavy atom. The zero-order chi connectivity index (χ0) is 16.6. The summed E-state index contributed by atoms with van der Waals surface area (Å²) in [7, 11) is -2.33. The summed E-state index contributed by atoms with van der Waals surface area (Å²) in [6, 6.07) is 6.27. The van der Waals surface area contributed by atoms with Gasteiger partial charge in [0.2, 0.25) is 10.0 Å². The van der Waals surface area contributed by atoms with Crippen LogP contribution < -0.4 is 10.4 Å². The van der Waals surface area contributed by atoms with E-state index in [1.807, 2.05) is 6.92 Å². The van der Waals surface area contributed by atoms with Crippen molar-refractivity contribution in [3.8, 4) is 5.75 Å². The summed E-state index contributed by atoms with van der Waals surface area (Å²) in [5.74, 6) is 0.854. The zero-order valence-corrected chi connectivity index (χ0v) is 13.9. The fraction of sp³-hybridized carbons (Fsp3) is 0.438. The highest BCUT2D eigenvalue weighted by Crippen LogP contribution is 2.25. The molecule has 1 saturated heterocycles. The predicted molar refractivity (Wildman–Crippen MR) is 86.2 cm³/mol. The third-order valence-electron chi connectivity index (χ3n) is 4.14. The van der Waals surface area contributed by atoms with E-state index in [9.17, 15) is 13.2 Å². The van der Waals surface area contributed by atoms with E-state index in [1.54, 1.807) is 18.2 Å². The summed E-state index contributed by atoms with van der Waals surface area (Å²) in [6.07, 6.45) is 1.79. The summed E-state index contributed by atoms with van der Waals surface area (Å²) in [5.41, 5.74) is -0.498. The van der Waals surface area contributed by atoms with Crippen LogP contribution in [0.25, 0.3) is 11.0 Å². The summed E-state index contributed by atoms with van der Waals surface area (Å²) in [6.45, 7) is 2.87. The van der Waals surface area contributed by atoms with E-state index in [-0.39, 0.29) is 10.8 Å². The van der Waals surface area contributed by atoms with Gasteiger partial charge in [0.1, 0.15) is 11.3 Å². The van der Waals surface area contributed by atoms with Gasteiger partial charge in [-0.05, 0) is 43.0 Å². The summed E-state index contributed by atoms with van der Waals surface area (Å²) in [5, 5.41) is 0.521. The molecule has 23 heavy (non-hydrogen) atoms. The number of hydrogen-bond acceptors (Lipinski definition) is 5. The Labute approximate surface area is 134 Å². The van der Waals surface area contributed by atoms with Crippen LogP contribution in [0.1, 0.15) is 19.8 Å². The Morgan fingerprint density at radius 2 is 2.09 bits per heavy atom. The molecule has 1 aromatic heterocycles. The van der Waals surface area contributed by atoms with E-state index in [0.717, 1.165) is 12.8 Å². The van der Waals surface area contributed by atoms with Gasteiger partial charge in [-0.1, -0.05) is 6.92 Å². The number of benzene rings is 1. The van der Waals surface area contributed by atoms with Crippen LogP contribution in [0.15, 0.2) is 38.4 Å². The van der Waals surface area contributed by atoms with Crippen LogP contribution >= 0.6 is 0 Å². The van der Waals surface area contributed by atoms with Crippen LogP contribution in [0.4, 0.5) is 0 Å². The van der Waals surface area contributed by atoms with Gasteiger partial charge >= 0.3 is 5.63 Å². The van der Waals surface area contributed by atoms with Crippen molar-refractivity contribution in [1.82, 2.24) is 4.31 Å². The lowest BCUT2D eigenvalue weighted by atomic mass is 10.0. The Hall–Kier alpha value is -1.86. The standard InChI is InChI=1S/C16H19NO5S/c1-11-4-3-7-17(10-11)23(19,20)15-9-12-8-13(21-2)5-6-14(12)22-16(15)18/h5-6,8-9,11H,3-4,7,10H2,1-2H3/t11-/m0/s1. The number of hydrogen-bond donors (Lipinski definition) is 0. The van der Waals surface area contributed by atoms with Crippen molar-refractivity contribution in [2.45, 2.75) is 24.7 Å². The van der Waals surface area contributed by atoms with E-state index >= 15 is 0 Å². The van der Waals surface area contributed by atoms with Gasteiger partial charge in [0.15, 0.2) is 4.90 Å². The Kier molecular flexibility index (Phi) is 4.16. The van der Waals surface area contributed by atoms with Crippen molar-refractivity contribution in [2.24, 2.45) is 5.92 Å². The largest absolute Gasteiger partial charge is 0.497 e. The maximum absolute atomic E-state index is 12.8. The number of piperidine rings is 1. The summed E-state index contributed by atoms with van der Waals surface area (Å²) < 4.78 is 37.3. The van der Waals surface area contributed by atoms with Crippen LogP contribution in [0, 0.1) is 5.92 Å². The molecule has 0 amide bonds. The zero-order valence-electron chi connectivity index (χ0n) is 13.1. The van der Waals surface area contributed by atoms with Crippen LogP contribution in [0.5, 0.6) is 5.75 Å². The topological polar surface area (TPSA) is 76.8 Å². The van der Waals surface area contributed by atoms with Gasteiger partial charge in [0, 0.05) is 18.5 Å². The molecule has 1 aromatic carbocycles. The second-order valence-electron chi connectivity index (χ2n) is 5.91. The van der Waals surface area contributed by atoms with Crippen LogP contribution in [0.2, 0.25) is 0 Å². The molecule has 1 aliphatic rings. The minimum Gasteiger partial charge on any atom is -0.497 e. The third-order valence-corrected chi connectivity index (χ3v) is 6.00. The first kappa shape index (κ1) is 16.0. The average molecular weight is 337 g/mol. The maximum Gasteiger partial charge on any atom is 0.356 e. The van der Waals surface area contributed by atoms with E-state index in [4.69, 9.17) is 9.15 Å². The number of fused-ring (bicyclic) bond motifs is 1. The molecule has 0 N–H and O–H groups in total. The highest BCUT2D eigenvalue weighted by atomic mass is 32.2. The molecule has 124 valence electrons. The molecule has 7 heteroatoms. The first-order chi connectivity index (χ1) is 10.9. The predicted octanol–water partition coefficient (Wildman–Crippen LogP) is 2.22. The molecule has 0 unspecified atom stereocenters. The number of methoxy groups -OCH3 is 1. The Morgan fingerprint density at radius 1 is 1.30 bits per heavy atom. The van der Waals surface area contributed by atoms with Gasteiger partial charge in [-0.3, -0.25) is 0 Å². The number of sulfonamides is 1. The van der Waals surface area contributed by atoms with Crippen molar-refractivity contribution in [3.63, 3.8) is 0 Å². The van der Waals surface area contributed by atoms with Crippen molar-refractivity contribution in [1.29, 1.82) is 0 Å². The molecular formula is C16H19NO5S. The first-order valence-corrected chi connectivity index (χ1v) is 8.98. The van der Waals surface area contributed by atoms with Gasteiger partial charge < -0.3 is 9.15 Å². The van der Waals surface area contributed by atoms with Gasteiger partial charge in [-0.2, -0.15) is 4.31 Å². The molecule has 0 spiro atoms. The molecule has 1 aliphatic heterocycles. The van der Waals surface area contributed by atoms with E-state index in [2.05, 4.69) is 0 Å². The van der Waals surface area contributed by atoms with Crippen molar-refractivity contribution in [3.05, 3.63) is 34.7 Å². The molecule has 0 aliphatic carbocycles. The lowest BCUT2D eigenvalue weighted by molar-refractivity contribution is 0.280. The molecule has 1 fully saturated rings. The first-order valence-electron chi connectivity index (χ1n) is 7.54. The fourth-order valence-electron chi connectivity index (χ4n) is 2.89. The highest BCUT2D eigenvalue weighted by Gasteiger charge is 2.31. The molecule has 1 atom stereocenters. The average Bonchev–Trinajstić information content (AvgIpc) is 2.53. The minimum atomic E-state index is -3.85. The number of ether oxygens (including phenoxy) is 1. The van der Waals surface area contributed by atoms with E-state index in [0.29, 0.717) is 29.8 Å². The van der Waals surface area contributed by atoms with Gasteiger partial charge in [-0.25, -0.2) is 13.2 Å². The van der Waals surface area contributed by atoms with E-state index < -0.39 is 15.6 Å². The molecule has 3 rings (SSSR count). The third kappa shape index (κ3) is 2.98. The van der Waals surface area contributed by atoms with Crippen LogP contribution in [-0.2, 0) is 10.0 Å². The monoisotopic (exact) mass is 337 g/mol. The maximum atomic E-state index is 12.8. The Balaban J connectivity index is 2.10. The van der Waals surface area contributed by atoms with Gasteiger partial charge in [-0.15, -0.1) is 0 Å².